The summed E-state index contributed by atoms with van der Waals surface area (Å²) in [7, 11) is 0. The minimum atomic E-state index is 0.390. The van der Waals surface area contributed by atoms with Gasteiger partial charge in [0.2, 0.25) is 0 Å². The summed E-state index contributed by atoms with van der Waals surface area (Å²) in [6, 6.07) is 130. The highest BCUT2D eigenvalue weighted by molar-refractivity contribution is 5.95. The lowest BCUT2D eigenvalue weighted by Crippen LogP contribution is -2.14. The monoisotopic (exact) mass is 1900 g/mol. The lowest BCUT2D eigenvalue weighted by molar-refractivity contribution is 0.866. The van der Waals surface area contributed by atoms with E-state index in [1.54, 1.807) is 0 Å². The molecule has 18 rings (SSSR count). The van der Waals surface area contributed by atoms with Crippen LogP contribution in [-0.2, 0) is 0 Å². The standard InChI is InChI=1S/C139H142N6/c1-85(2)108-44-40-56-116(81-108)140(112-48-32-28-33-49-112)121-63-90(10)131(91(11)64-121)130-61-60-120(62-89(130)9)144(125-71-98(18)135(99(19)72-125)132-92(12)65-122(66-93(132)13)141(113-50-34-29-35-51-113)117-57-41-45-109(82-117)86(3)4)126-73-100(20)136(101(21)74-126)139-106(26)79-129(80-107(139)27)145(127-75-102(22)137(103(23)76-127)133-94(14)67-123(68-95(133)15)142(114-52-36-30-37-53-114)118-58-42-46-110(83-118)87(5)6)128-77-104(24)138(105(25)78-128)134-96(16)69-124(70-97(134)17)143(115-54-38-31-39-55-115)119-59-43-47-111(84-119)88(7)8/h28-88H,1-27H3. The van der Waals surface area contributed by atoms with Crippen molar-refractivity contribution in [2.75, 3.05) is 29.4 Å². The SMILES string of the molecule is Cc1cc(N(c2cc(C)c(-c3c(C)cc(N(c4ccccc4)c4cccc(C(C)C)c4)cc3C)c(C)c2)c2cc(C)c(-c3c(C)cc(N(c4cc(C)c(-c5c(C)cc(N(c6ccccc6)c6cccc(C(C)C)c6)cc5C)c(C)c4)c4cc(C)c(-c5c(C)cc(N(c6ccccc6)c6cccc(C(C)C)c6)cc5C)c(C)c4)cc3C)c(C)c2)ccc1-c1c(C)cc(N(c2ccccc2)c2cccc(C(C)C)c2)cc1C. The molecule has 0 saturated carbocycles. The van der Waals surface area contributed by atoms with Crippen molar-refractivity contribution in [2.45, 2.75) is 211 Å². The molecule has 0 spiro atoms. The van der Waals surface area contributed by atoms with Crippen molar-refractivity contribution in [2.24, 2.45) is 0 Å². The molecule has 6 nitrogen and oxygen atoms in total. The van der Waals surface area contributed by atoms with E-state index in [0.717, 1.165) is 102 Å². The first-order chi connectivity index (χ1) is 69.5. The Balaban J connectivity index is 0.761. The van der Waals surface area contributed by atoms with Gasteiger partial charge in [0.25, 0.3) is 0 Å². The van der Waals surface area contributed by atoms with Crippen molar-refractivity contribution in [3.63, 3.8) is 0 Å². The molecule has 0 amide bonds. The molecule has 6 heteroatoms. The van der Waals surface area contributed by atoms with Crippen molar-refractivity contribution < 1.29 is 0 Å². The number of hydrogen-bond donors (Lipinski definition) is 0. The van der Waals surface area contributed by atoms with E-state index in [4.69, 9.17) is 0 Å². The van der Waals surface area contributed by atoms with Gasteiger partial charge in [0.1, 0.15) is 0 Å². The van der Waals surface area contributed by atoms with Gasteiger partial charge in [0.05, 0.1) is 0 Å². The number of benzene rings is 18. The molecule has 0 aliphatic rings. The molecule has 145 heavy (non-hydrogen) atoms. The van der Waals surface area contributed by atoms with Crippen molar-refractivity contribution in [3.8, 4) is 55.6 Å². The predicted molar refractivity (Wildman–Crippen MR) is 628 cm³/mol. The highest BCUT2D eigenvalue weighted by atomic mass is 15.2. The molecule has 0 aromatic heterocycles. The summed E-state index contributed by atoms with van der Waals surface area (Å²) >= 11 is 0. The summed E-state index contributed by atoms with van der Waals surface area (Å²) in [6.45, 7) is 62.2. The van der Waals surface area contributed by atoms with E-state index in [9.17, 15) is 0 Å². The second-order valence-electron chi connectivity index (χ2n) is 42.4. The van der Waals surface area contributed by atoms with Gasteiger partial charge in [0, 0.05) is 102 Å². The van der Waals surface area contributed by atoms with Crippen LogP contribution in [0.25, 0.3) is 55.6 Å². The van der Waals surface area contributed by atoms with Crippen LogP contribution in [0.1, 0.15) is 207 Å². The van der Waals surface area contributed by atoms with E-state index in [-0.39, 0.29) is 0 Å². The first-order valence-corrected chi connectivity index (χ1v) is 52.1. The van der Waals surface area contributed by atoms with E-state index in [2.05, 4.69) is 562 Å². The summed E-state index contributed by atoms with van der Waals surface area (Å²) in [5.74, 6) is 1.56. The Morgan fingerprint density at radius 2 is 0.255 bits per heavy atom. The number of para-hydroxylation sites is 4. The van der Waals surface area contributed by atoms with Crippen molar-refractivity contribution in [1.29, 1.82) is 0 Å². The van der Waals surface area contributed by atoms with E-state index in [1.165, 1.54) is 184 Å². The number of anilines is 18. The van der Waals surface area contributed by atoms with Crippen LogP contribution < -0.4 is 29.4 Å². The number of aryl methyl sites for hydroxylation is 19. The van der Waals surface area contributed by atoms with Crippen LogP contribution >= 0.6 is 0 Å². The van der Waals surface area contributed by atoms with E-state index in [1.807, 2.05) is 0 Å². The van der Waals surface area contributed by atoms with Crippen LogP contribution in [0.2, 0.25) is 0 Å². The molecular formula is C139H142N6. The second-order valence-corrected chi connectivity index (χ2v) is 42.4. The van der Waals surface area contributed by atoms with Gasteiger partial charge in [0.15, 0.2) is 0 Å². The maximum absolute atomic E-state index is 2.55. The smallest absolute Gasteiger partial charge is 0.0467 e. The molecule has 0 fully saturated rings. The molecule has 0 bridgehead atoms. The van der Waals surface area contributed by atoms with Crippen molar-refractivity contribution in [3.05, 3.63) is 474 Å². The quantitative estimate of drug-likeness (QED) is 0.0507. The zero-order valence-electron chi connectivity index (χ0n) is 90.4. The molecular weight excluding hydrogens is 1750 g/mol. The predicted octanol–water partition coefficient (Wildman–Crippen LogP) is 41.2. The molecule has 0 unspecified atom stereocenters. The second kappa shape index (κ2) is 41.6. The van der Waals surface area contributed by atoms with Gasteiger partial charge >= 0.3 is 0 Å². The molecule has 18 aromatic carbocycles. The van der Waals surface area contributed by atoms with Crippen LogP contribution in [0.4, 0.5) is 102 Å². The third-order valence-electron chi connectivity index (χ3n) is 30.0. The first kappa shape index (κ1) is 99.9. The Hall–Kier alpha value is -15.2. The Morgan fingerprint density at radius 1 is 0.117 bits per heavy atom. The number of nitrogens with zero attached hydrogens (tertiary/aromatic N) is 6. The summed E-state index contributed by atoms with van der Waals surface area (Å²) < 4.78 is 0. The molecule has 0 heterocycles. The topological polar surface area (TPSA) is 19.4 Å². The molecule has 0 N–H and O–H groups in total. The third-order valence-corrected chi connectivity index (χ3v) is 30.0. The Labute approximate surface area is 865 Å². The van der Waals surface area contributed by atoms with Crippen LogP contribution in [0.15, 0.2) is 346 Å². The van der Waals surface area contributed by atoms with Gasteiger partial charge in [-0.1, -0.05) is 183 Å². The van der Waals surface area contributed by atoms with Gasteiger partial charge in [-0.25, -0.2) is 0 Å². The normalized spacial score (nSPS) is 11.5. The summed E-state index contributed by atoms with van der Waals surface area (Å²) in [5, 5.41) is 0. The fourth-order valence-electron chi connectivity index (χ4n) is 23.4. The number of hydrogen-bond acceptors (Lipinski definition) is 6. The van der Waals surface area contributed by atoms with Gasteiger partial charge < -0.3 is 29.4 Å². The average molecular weight is 1900 g/mol. The molecule has 0 radical (unpaired) electrons. The molecule has 0 aliphatic carbocycles. The van der Waals surface area contributed by atoms with Crippen LogP contribution in [0.5, 0.6) is 0 Å². The number of rotatable bonds is 27. The highest BCUT2D eigenvalue weighted by Crippen LogP contribution is 2.53. The van der Waals surface area contributed by atoms with Gasteiger partial charge in [-0.3, -0.25) is 0 Å². The van der Waals surface area contributed by atoms with E-state index < -0.39 is 0 Å². The van der Waals surface area contributed by atoms with E-state index >= 15 is 0 Å². The minimum Gasteiger partial charge on any atom is -0.310 e. The maximum Gasteiger partial charge on any atom is 0.0467 e. The molecule has 0 aliphatic heterocycles. The molecule has 18 aromatic rings. The Kier molecular flexibility index (Phi) is 28.7. The Bertz CT molecular complexity index is 7510. The van der Waals surface area contributed by atoms with Crippen molar-refractivity contribution in [1.82, 2.24) is 0 Å². The third kappa shape index (κ3) is 20.0. The largest absolute Gasteiger partial charge is 0.310 e. The van der Waals surface area contributed by atoms with Gasteiger partial charge in [-0.15, -0.1) is 0 Å². The summed E-state index contributed by atoms with van der Waals surface area (Å²) in [4.78, 5) is 14.8. The fraction of sp³-hybridized carbons (Fsp3) is 0.223. The van der Waals surface area contributed by atoms with Gasteiger partial charge in [-0.2, -0.15) is 0 Å². The minimum absolute atomic E-state index is 0.390. The fourth-order valence-corrected chi connectivity index (χ4v) is 23.4. The van der Waals surface area contributed by atoms with Crippen LogP contribution in [-0.4, -0.2) is 0 Å². The Morgan fingerprint density at radius 3 is 0.421 bits per heavy atom. The van der Waals surface area contributed by atoms with Crippen LogP contribution in [0, 0.1) is 132 Å². The summed E-state index contributed by atoms with van der Waals surface area (Å²) in [5.41, 5.74) is 61.3. The molecule has 728 valence electrons. The first-order valence-electron chi connectivity index (χ1n) is 52.1. The maximum atomic E-state index is 2.55. The van der Waals surface area contributed by atoms with Gasteiger partial charge in [-0.05, 0) is 557 Å². The van der Waals surface area contributed by atoms with E-state index in [0.29, 0.717) is 23.7 Å². The lowest BCUT2D eigenvalue weighted by Gasteiger charge is -2.31. The molecule has 0 atom stereocenters. The van der Waals surface area contributed by atoms with Crippen LogP contribution in [0.3, 0.4) is 0 Å². The summed E-state index contributed by atoms with van der Waals surface area (Å²) in [6.07, 6.45) is 0. The highest BCUT2D eigenvalue weighted by Gasteiger charge is 2.31. The zero-order chi connectivity index (χ0) is 103. The average Bonchev–Trinajstić information content (AvgIpc) is 0.746. The zero-order valence-corrected chi connectivity index (χ0v) is 90.4. The van der Waals surface area contributed by atoms with Crippen molar-refractivity contribution >= 4 is 102 Å². The lowest BCUT2D eigenvalue weighted by atomic mass is 9.86. The molecule has 0 saturated heterocycles.